The molecule has 0 radical (unpaired) electrons. The molecule has 0 aliphatic carbocycles. The molecule has 0 unspecified atom stereocenters. The summed E-state index contributed by atoms with van der Waals surface area (Å²) < 4.78 is 22.7. The lowest BCUT2D eigenvalue weighted by Gasteiger charge is -2.28. The van der Waals surface area contributed by atoms with Crippen LogP contribution < -0.4 is 0 Å². The predicted octanol–water partition coefficient (Wildman–Crippen LogP) is 2.98. The second-order valence-corrected chi connectivity index (χ2v) is 5.95. The standard InChI is InChI=1S/C12H28O4Si/c1-6-12(7-2)11-16-17(13-8-3,14-9-4)15-10-5/h12H,6-11H2,1-5H3. The molecule has 0 N–H and O–H groups in total. The molecule has 0 aromatic carbocycles. The normalized spacial score (nSPS) is 12.4. The van der Waals surface area contributed by atoms with Crippen molar-refractivity contribution in [3.63, 3.8) is 0 Å². The molecular weight excluding hydrogens is 236 g/mol. The molecule has 0 saturated carbocycles. The van der Waals surface area contributed by atoms with Crippen molar-refractivity contribution in [1.82, 2.24) is 0 Å². The summed E-state index contributed by atoms with van der Waals surface area (Å²) in [5.74, 6) is 0.545. The highest BCUT2D eigenvalue weighted by molar-refractivity contribution is 6.53. The second kappa shape index (κ2) is 10.0. The molecule has 0 spiro atoms. The number of rotatable bonds is 11. The van der Waals surface area contributed by atoms with Crippen molar-refractivity contribution in [3.8, 4) is 0 Å². The summed E-state index contributed by atoms with van der Waals surface area (Å²) in [7, 11) is -2.89. The van der Waals surface area contributed by atoms with E-state index in [1.165, 1.54) is 0 Å². The maximum atomic E-state index is 5.87. The predicted molar refractivity (Wildman–Crippen MR) is 70.7 cm³/mol. The first kappa shape index (κ1) is 17.1. The zero-order valence-electron chi connectivity index (χ0n) is 12.0. The van der Waals surface area contributed by atoms with Crippen molar-refractivity contribution in [3.05, 3.63) is 0 Å². The molecule has 17 heavy (non-hydrogen) atoms. The van der Waals surface area contributed by atoms with Gasteiger partial charge in [-0.05, 0) is 26.7 Å². The van der Waals surface area contributed by atoms with E-state index in [0.29, 0.717) is 32.3 Å². The molecule has 0 bridgehead atoms. The van der Waals surface area contributed by atoms with Gasteiger partial charge in [-0.15, -0.1) is 0 Å². The zero-order valence-corrected chi connectivity index (χ0v) is 13.0. The van der Waals surface area contributed by atoms with Crippen molar-refractivity contribution in [1.29, 1.82) is 0 Å². The molecule has 0 saturated heterocycles. The summed E-state index contributed by atoms with van der Waals surface area (Å²) in [5.41, 5.74) is 0. The van der Waals surface area contributed by atoms with Crippen LogP contribution >= 0.6 is 0 Å². The van der Waals surface area contributed by atoms with Crippen molar-refractivity contribution in [2.24, 2.45) is 5.92 Å². The van der Waals surface area contributed by atoms with Gasteiger partial charge in [0.2, 0.25) is 0 Å². The minimum Gasteiger partial charge on any atom is -0.351 e. The average Bonchev–Trinajstić information content (AvgIpc) is 2.31. The van der Waals surface area contributed by atoms with Crippen LogP contribution in [0.3, 0.4) is 0 Å². The Bertz CT molecular complexity index is 157. The van der Waals surface area contributed by atoms with E-state index in [1.807, 2.05) is 20.8 Å². The van der Waals surface area contributed by atoms with Gasteiger partial charge in [0.05, 0.1) is 0 Å². The Kier molecular flexibility index (Phi) is 10.1. The molecule has 0 amide bonds. The van der Waals surface area contributed by atoms with Crippen molar-refractivity contribution in [2.45, 2.75) is 47.5 Å². The smallest absolute Gasteiger partial charge is 0.351 e. The van der Waals surface area contributed by atoms with Crippen LogP contribution in [0, 0.1) is 5.92 Å². The topological polar surface area (TPSA) is 36.9 Å². The van der Waals surface area contributed by atoms with Crippen LogP contribution in [0.4, 0.5) is 0 Å². The fourth-order valence-electron chi connectivity index (χ4n) is 1.52. The Morgan fingerprint density at radius 2 is 1.12 bits per heavy atom. The average molecular weight is 264 g/mol. The highest BCUT2D eigenvalue weighted by atomic mass is 28.4. The van der Waals surface area contributed by atoms with Crippen LogP contribution in [-0.4, -0.2) is 35.5 Å². The van der Waals surface area contributed by atoms with Gasteiger partial charge in [-0.3, -0.25) is 0 Å². The molecule has 0 aliphatic rings. The Labute approximate surface area is 107 Å². The van der Waals surface area contributed by atoms with E-state index in [0.717, 1.165) is 12.8 Å². The van der Waals surface area contributed by atoms with E-state index < -0.39 is 9.05 Å². The van der Waals surface area contributed by atoms with Crippen LogP contribution in [0.1, 0.15) is 47.5 Å². The van der Waals surface area contributed by atoms with E-state index in [-0.39, 0.29) is 0 Å². The Morgan fingerprint density at radius 1 is 0.706 bits per heavy atom. The summed E-state index contributed by atoms with van der Waals surface area (Å²) in [6.45, 7) is 12.4. The third-order valence-electron chi connectivity index (χ3n) is 2.61. The molecule has 0 aliphatic heterocycles. The lowest BCUT2D eigenvalue weighted by atomic mass is 10.1. The summed E-state index contributed by atoms with van der Waals surface area (Å²) in [6.07, 6.45) is 2.21. The third kappa shape index (κ3) is 6.52. The van der Waals surface area contributed by atoms with Crippen LogP contribution in [0.25, 0.3) is 0 Å². The number of hydrogen-bond acceptors (Lipinski definition) is 4. The first-order chi connectivity index (χ1) is 8.17. The van der Waals surface area contributed by atoms with Gasteiger partial charge in [0, 0.05) is 26.4 Å². The maximum Gasteiger partial charge on any atom is 0.679 e. The van der Waals surface area contributed by atoms with Gasteiger partial charge in [0.1, 0.15) is 0 Å². The summed E-state index contributed by atoms with van der Waals surface area (Å²) in [5, 5.41) is 0. The molecule has 0 fully saturated rings. The van der Waals surface area contributed by atoms with Crippen LogP contribution in [0.15, 0.2) is 0 Å². The first-order valence-electron chi connectivity index (χ1n) is 6.73. The van der Waals surface area contributed by atoms with Crippen LogP contribution in [0.2, 0.25) is 0 Å². The van der Waals surface area contributed by atoms with E-state index in [2.05, 4.69) is 13.8 Å². The Hall–Kier alpha value is 0.0569. The fraction of sp³-hybridized carbons (Fsp3) is 1.00. The van der Waals surface area contributed by atoms with E-state index in [9.17, 15) is 0 Å². The van der Waals surface area contributed by atoms with Crippen LogP contribution in [0.5, 0.6) is 0 Å². The largest absolute Gasteiger partial charge is 0.679 e. The SMILES string of the molecule is CCO[Si](OCC)(OCC)OCC(CC)CC. The molecule has 0 aromatic heterocycles. The van der Waals surface area contributed by atoms with E-state index in [1.54, 1.807) is 0 Å². The Balaban J connectivity index is 4.41. The fourth-order valence-corrected chi connectivity index (χ4v) is 3.53. The zero-order chi connectivity index (χ0) is 13.1. The van der Waals surface area contributed by atoms with Crippen LogP contribution in [-0.2, 0) is 17.7 Å². The molecule has 0 rings (SSSR count). The maximum absolute atomic E-state index is 5.87. The van der Waals surface area contributed by atoms with Crippen molar-refractivity contribution < 1.29 is 17.7 Å². The van der Waals surface area contributed by atoms with Gasteiger partial charge in [-0.2, -0.15) is 0 Å². The highest BCUT2D eigenvalue weighted by Gasteiger charge is 2.45. The molecular formula is C12H28O4Si. The lowest BCUT2D eigenvalue weighted by molar-refractivity contribution is -0.0347. The van der Waals surface area contributed by atoms with Crippen molar-refractivity contribution in [2.75, 3.05) is 26.4 Å². The summed E-state index contributed by atoms with van der Waals surface area (Å²) in [6, 6.07) is 0. The lowest BCUT2D eigenvalue weighted by Crippen LogP contribution is -2.50. The van der Waals surface area contributed by atoms with Gasteiger partial charge >= 0.3 is 9.05 Å². The minimum absolute atomic E-state index is 0.545. The van der Waals surface area contributed by atoms with E-state index in [4.69, 9.17) is 17.7 Å². The van der Waals surface area contributed by atoms with Gasteiger partial charge in [-0.25, -0.2) is 0 Å². The summed E-state index contributed by atoms with van der Waals surface area (Å²) >= 11 is 0. The summed E-state index contributed by atoms with van der Waals surface area (Å²) in [4.78, 5) is 0. The van der Waals surface area contributed by atoms with Gasteiger partial charge in [-0.1, -0.05) is 26.7 Å². The monoisotopic (exact) mass is 264 g/mol. The molecule has 4 nitrogen and oxygen atoms in total. The molecule has 5 heteroatoms. The Morgan fingerprint density at radius 3 is 1.41 bits per heavy atom. The second-order valence-electron chi connectivity index (χ2n) is 3.79. The quantitative estimate of drug-likeness (QED) is 0.538. The van der Waals surface area contributed by atoms with Gasteiger partial charge < -0.3 is 17.7 Å². The molecule has 0 aromatic rings. The highest BCUT2D eigenvalue weighted by Crippen LogP contribution is 2.16. The van der Waals surface area contributed by atoms with Crippen molar-refractivity contribution >= 4 is 9.05 Å². The number of hydrogen-bond donors (Lipinski definition) is 0. The van der Waals surface area contributed by atoms with E-state index >= 15 is 0 Å². The van der Waals surface area contributed by atoms with Gasteiger partial charge in [0.25, 0.3) is 0 Å². The molecule has 0 atom stereocenters. The first-order valence-corrected chi connectivity index (χ1v) is 8.36. The van der Waals surface area contributed by atoms with Gasteiger partial charge in [0.15, 0.2) is 0 Å². The minimum atomic E-state index is -2.89. The third-order valence-corrected chi connectivity index (χ3v) is 5.06. The molecule has 0 heterocycles. The molecule has 104 valence electrons.